The number of anilines is 1. The molecule has 1 rings (SSSR count). The molecule has 0 fully saturated rings. The second-order valence-corrected chi connectivity index (χ2v) is 3.26. The molecule has 16 heavy (non-hydrogen) atoms. The standard InChI is InChI=1S/C10H8ClFN2O2/c11-4-2-1-3-7-5-8(12)6-9(10(7)13)14(15)16/h5-6H,2,4,13H2. The lowest BCUT2D eigenvalue weighted by Gasteiger charge is -2.00. The van der Waals surface area contributed by atoms with Gasteiger partial charge >= 0.3 is 0 Å². The van der Waals surface area contributed by atoms with E-state index in [9.17, 15) is 14.5 Å². The summed E-state index contributed by atoms with van der Waals surface area (Å²) in [7, 11) is 0. The Labute approximate surface area is 96.4 Å². The molecule has 0 radical (unpaired) electrons. The molecule has 0 saturated heterocycles. The van der Waals surface area contributed by atoms with E-state index in [1.807, 2.05) is 0 Å². The smallest absolute Gasteiger partial charge is 0.296 e. The van der Waals surface area contributed by atoms with Crippen molar-refractivity contribution in [3.63, 3.8) is 0 Å². The predicted molar refractivity (Wildman–Crippen MR) is 59.7 cm³/mol. The lowest BCUT2D eigenvalue weighted by Crippen LogP contribution is -1.99. The molecular weight excluding hydrogens is 235 g/mol. The van der Waals surface area contributed by atoms with Crippen molar-refractivity contribution in [2.45, 2.75) is 6.42 Å². The maximum atomic E-state index is 13.0. The highest BCUT2D eigenvalue weighted by molar-refractivity contribution is 6.18. The fourth-order valence-electron chi connectivity index (χ4n) is 1.06. The van der Waals surface area contributed by atoms with E-state index in [0.717, 1.165) is 12.1 Å². The zero-order valence-corrected chi connectivity index (χ0v) is 8.92. The third kappa shape index (κ3) is 2.84. The Bertz CT molecular complexity index is 480. The van der Waals surface area contributed by atoms with E-state index in [2.05, 4.69) is 11.8 Å². The van der Waals surface area contributed by atoms with Crippen LogP contribution < -0.4 is 5.73 Å². The van der Waals surface area contributed by atoms with Crippen LogP contribution in [0.3, 0.4) is 0 Å². The number of nitro benzene ring substituents is 1. The SMILES string of the molecule is Nc1c(C#CCCCl)cc(F)cc1[N+](=O)[O-]. The monoisotopic (exact) mass is 242 g/mol. The minimum absolute atomic E-state index is 0.108. The van der Waals surface area contributed by atoms with Gasteiger partial charge in [-0.2, -0.15) is 0 Å². The van der Waals surface area contributed by atoms with Gasteiger partial charge in [0.05, 0.1) is 16.6 Å². The fraction of sp³-hybridized carbons (Fsp3) is 0.200. The Morgan fingerprint density at radius 1 is 1.56 bits per heavy atom. The van der Waals surface area contributed by atoms with Gasteiger partial charge in [-0.25, -0.2) is 4.39 Å². The third-order valence-corrected chi connectivity index (χ3v) is 1.95. The largest absolute Gasteiger partial charge is 0.392 e. The molecule has 0 spiro atoms. The first kappa shape index (κ1) is 12.3. The number of nitrogens with zero attached hydrogens (tertiary/aromatic N) is 1. The summed E-state index contributed by atoms with van der Waals surface area (Å²) >= 11 is 5.40. The van der Waals surface area contributed by atoms with Crippen LogP contribution in [0.1, 0.15) is 12.0 Å². The number of nitrogens with two attached hydrogens (primary N) is 1. The van der Waals surface area contributed by atoms with E-state index >= 15 is 0 Å². The van der Waals surface area contributed by atoms with E-state index in [0.29, 0.717) is 12.3 Å². The van der Waals surface area contributed by atoms with E-state index in [4.69, 9.17) is 17.3 Å². The topological polar surface area (TPSA) is 69.2 Å². The van der Waals surface area contributed by atoms with Gasteiger partial charge in [0, 0.05) is 12.3 Å². The molecule has 0 atom stereocenters. The number of nitrogen functional groups attached to an aromatic ring is 1. The first-order chi connectivity index (χ1) is 7.56. The molecule has 84 valence electrons. The van der Waals surface area contributed by atoms with Crippen LogP contribution in [-0.2, 0) is 0 Å². The first-order valence-corrected chi connectivity index (χ1v) is 4.88. The van der Waals surface area contributed by atoms with Gasteiger partial charge in [-0.05, 0) is 6.07 Å². The minimum atomic E-state index is -0.745. The Morgan fingerprint density at radius 3 is 2.81 bits per heavy atom. The quantitative estimate of drug-likeness (QED) is 0.284. The second-order valence-electron chi connectivity index (χ2n) is 2.88. The van der Waals surface area contributed by atoms with Crippen LogP contribution in [-0.4, -0.2) is 10.8 Å². The van der Waals surface area contributed by atoms with Crippen molar-refractivity contribution in [2.75, 3.05) is 11.6 Å². The lowest BCUT2D eigenvalue weighted by atomic mass is 10.1. The zero-order chi connectivity index (χ0) is 12.1. The maximum Gasteiger partial charge on any atom is 0.296 e. The van der Waals surface area contributed by atoms with Crippen LogP contribution in [0.4, 0.5) is 15.8 Å². The van der Waals surface area contributed by atoms with Gasteiger partial charge in [0.1, 0.15) is 11.5 Å². The molecule has 4 nitrogen and oxygen atoms in total. The molecule has 1 aromatic rings. The van der Waals surface area contributed by atoms with Gasteiger partial charge in [-0.3, -0.25) is 10.1 Å². The summed E-state index contributed by atoms with van der Waals surface area (Å²) in [6.07, 6.45) is 0.408. The van der Waals surface area contributed by atoms with Gasteiger partial charge in [0.2, 0.25) is 0 Å². The van der Waals surface area contributed by atoms with Crippen LogP contribution in [0.25, 0.3) is 0 Å². The summed E-state index contributed by atoms with van der Waals surface area (Å²) in [5.74, 6) is 4.78. The van der Waals surface area contributed by atoms with Crippen LogP contribution in [0.5, 0.6) is 0 Å². The minimum Gasteiger partial charge on any atom is -0.392 e. The molecule has 0 aromatic heterocycles. The molecule has 0 heterocycles. The third-order valence-electron chi connectivity index (χ3n) is 1.76. The Kier molecular flexibility index (Phi) is 4.09. The van der Waals surface area contributed by atoms with Crippen LogP contribution in [0, 0.1) is 27.8 Å². The highest BCUT2D eigenvalue weighted by Gasteiger charge is 2.16. The summed E-state index contributed by atoms with van der Waals surface area (Å²) in [4.78, 5) is 9.80. The van der Waals surface area contributed by atoms with Crippen molar-refractivity contribution in [1.82, 2.24) is 0 Å². The van der Waals surface area contributed by atoms with Crippen LogP contribution >= 0.6 is 11.6 Å². The summed E-state index contributed by atoms with van der Waals surface area (Å²) in [5, 5.41) is 10.5. The molecule has 2 N–H and O–H groups in total. The van der Waals surface area contributed by atoms with Crippen LogP contribution in [0.15, 0.2) is 12.1 Å². The highest BCUT2D eigenvalue weighted by Crippen LogP contribution is 2.25. The molecule has 0 saturated carbocycles. The highest BCUT2D eigenvalue weighted by atomic mass is 35.5. The number of alkyl halides is 1. The summed E-state index contributed by atoms with van der Waals surface area (Å²) in [5.41, 5.74) is 4.99. The van der Waals surface area contributed by atoms with Crippen molar-refractivity contribution in [1.29, 1.82) is 0 Å². The van der Waals surface area contributed by atoms with Crippen molar-refractivity contribution >= 4 is 23.0 Å². The van der Waals surface area contributed by atoms with E-state index in [1.54, 1.807) is 0 Å². The van der Waals surface area contributed by atoms with E-state index in [-0.39, 0.29) is 11.3 Å². The van der Waals surface area contributed by atoms with Gasteiger partial charge < -0.3 is 5.73 Å². The Hall–Kier alpha value is -1.80. The summed E-state index contributed by atoms with van der Waals surface area (Å²) in [6.45, 7) is 0. The average molecular weight is 243 g/mol. The van der Waals surface area contributed by atoms with Gasteiger partial charge in [0.25, 0.3) is 5.69 Å². The molecule has 0 aliphatic rings. The van der Waals surface area contributed by atoms with E-state index in [1.165, 1.54) is 0 Å². The van der Waals surface area contributed by atoms with Crippen molar-refractivity contribution in [3.8, 4) is 11.8 Å². The molecule has 1 aromatic carbocycles. The molecule has 0 amide bonds. The Balaban J connectivity index is 3.21. The fourth-order valence-corrected chi connectivity index (χ4v) is 1.16. The summed E-state index contributed by atoms with van der Waals surface area (Å²) < 4.78 is 13.0. The number of nitro groups is 1. The number of halogens is 2. The average Bonchev–Trinajstić information content (AvgIpc) is 2.22. The number of hydrogen-bond donors (Lipinski definition) is 1. The van der Waals surface area contributed by atoms with Crippen molar-refractivity contribution in [2.24, 2.45) is 0 Å². The molecule has 0 bridgehead atoms. The lowest BCUT2D eigenvalue weighted by molar-refractivity contribution is -0.384. The molecule has 0 aliphatic heterocycles. The van der Waals surface area contributed by atoms with E-state index < -0.39 is 16.4 Å². The number of rotatable bonds is 2. The van der Waals surface area contributed by atoms with Crippen LogP contribution in [0.2, 0.25) is 0 Å². The van der Waals surface area contributed by atoms with Gasteiger partial charge in [0.15, 0.2) is 0 Å². The predicted octanol–water partition coefficient (Wildman–Crippen LogP) is 2.30. The molecular formula is C10H8ClFN2O2. The zero-order valence-electron chi connectivity index (χ0n) is 8.17. The van der Waals surface area contributed by atoms with Gasteiger partial charge in [-0.1, -0.05) is 11.8 Å². The number of hydrogen-bond acceptors (Lipinski definition) is 3. The molecule has 0 unspecified atom stereocenters. The second kappa shape index (κ2) is 5.33. The molecule has 0 aliphatic carbocycles. The van der Waals surface area contributed by atoms with Crippen molar-refractivity contribution < 1.29 is 9.31 Å². The Morgan fingerprint density at radius 2 is 2.25 bits per heavy atom. The maximum absolute atomic E-state index is 13.0. The number of benzene rings is 1. The van der Waals surface area contributed by atoms with Crippen molar-refractivity contribution in [3.05, 3.63) is 33.6 Å². The van der Waals surface area contributed by atoms with Gasteiger partial charge in [-0.15, -0.1) is 11.6 Å². The first-order valence-electron chi connectivity index (χ1n) is 4.34. The summed E-state index contributed by atoms with van der Waals surface area (Å²) in [6, 6.07) is 1.83. The normalized spacial score (nSPS) is 9.38. The molecule has 6 heteroatoms.